The molecule has 2 atom stereocenters. The van der Waals surface area contributed by atoms with Gasteiger partial charge in [0.15, 0.2) is 0 Å². The van der Waals surface area contributed by atoms with Crippen LogP contribution < -0.4 is 5.32 Å². The van der Waals surface area contributed by atoms with Crippen LogP contribution in [0.5, 0.6) is 0 Å². The van der Waals surface area contributed by atoms with Crippen LogP contribution in [-0.2, 0) is 15.6 Å². The van der Waals surface area contributed by atoms with E-state index in [0.717, 1.165) is 18.2 Å². The van der Waals surface area contributed by atoms with Gasteiger partial charge in [-0.1, -0.05) is 0 Å². The number of aliphatic hydroxyl groups excluding tert-OH is 1. The Morgan fingerprint density at radius 1 is 1.50 bits per heavy atom. The minimum absolute atomic E-state index is 0.0414. The highest BCUT2D eigenvalue weighted by molar-refractivity contribution is 7.86. The van der Waals surface area contributed by atoms with E-state index < -0.39 is 33.6 Å². The maximum atomic E-state index is 13.2. The number of aliphatic hydroxyl groups is 1. The van der Waals surface area contributed by atoms with Gasteiger partial charge in [0.1, 0.15) is 16.9 Å². The number of hydrogen-bond acceptors (Lipinski definition) is 3. The van der Waals surface area contributed by atoms with Gasteiger partial charge in [-0.05, 0) is 19.1 Å². The van der Waals surface area contributed by atoms with Gasteiger partial charge >= 0.3 is 0 Å². The van der Waals surface area contributed by atoms with E-state index in [9.17, 15) is 17.8 Å². The van der Waals surface area contributed by atoms with Crippen molar-refractivity contribution in [2.75, 3.05) is 17.7 Å². The Balaban J connectivity index is 2.75. The van der Waals surface area contributed by atoms with Gasteiger partial charge in [-0.25, -0.2) is 8.78 Å². The highest BCUT2D eigenvalue weighted by Gasteiger charge is 2.20. The van der Waals surface area contributed by atoms with Crippen LogP contribution in [-0.4, -0.2) is 32.8 Å². The quantitative estimate of drug-likeness (QED) is 0.845. The first-order valence-corrected chi connectivity index (χ1v) is 6.58. The lowest BCUT2D eigenvalue weighted by atomic mass is 10.3. The normalized spacial score (nSPS) is 14.0. The van der Waals surface area contributed by atoms with Gasteiger partial charge in [0.05, 0.1) is 12.3 Å². The Bertz CT molecular complexity index is 468. The molecule has 1 amide bonds. The number of nitrogens with one attached hydrogen (secondary N) is 1. The topological polar surface area (TPSA) is 66.4 Å². The van der Waals surface area contributed by atoms with Gasteiger partial charge in [0.2, 0.25) is 5.91 Å². The molecule has 0 saturated carbocycles. The summed E-state index contributed by atoms with van der Waals surface area (Å²) in [5.41, 5.74) is -0.298. The maximum absolute atomic E-state index is 13.2. The molecule has 4 nitrogen and oxygen atoms in total. The molecule has 1 aromatic carbocycles. The largest absolute Gasteiger partial charge is 0.395 e. The van der Waals surface area contributed by atoms with Crippen molar-refractivity contribution in [3.05, 3.63) is 29.8 Å². The van der Waals surface area contributed by atoms with Crippen molar-refractivity contribution in [1.82, 2.24) is 0 Å². The number of hydrogen-bond donors (Lipinski definition) is 2. The molecular weight excluding hydrogens is 264 g/mol. The lowest BCUT2D eigenvalue weighted by Gasteiger charge is -2.12. The molecule has 1 aromatic rings. The summed E-state index contributed by atoms with van der Waals surface area (Å²) in [7, 11) is -1.56. The first-order chi connectivity index (χ1) is 8.45. The second kappa shape index (κ2) is 6.55. The first-order valence-electron chi connectivity index (χ1n) is 5.19. The number of rotatable bonds is 5. The molecule has 0 aliphatic carbocycles. The standard InChI is InChI=1S/C11H13F2NO3S/c1-7(18(17)5-4-15)11(16)14-10-6-8(12)2-3-9(10)13/h2-3,6-7,15H,4-5H2,1H3,(H,14,16). The Kier molecular flexibility index (Phi) is 5.36. The van der Waals surface area contributed by atoms with Gasteiger partial charge in [-0.3, -0.25) is 9.00 Å². The van der Waals surface area contributed by atoms with Crippen LogP contribution in [0.1, 0.15) is 6.92 Å². The third-order valence-electron chi connectivity index (χ3n) is 2.24. The van der Waals surface area contributed by atoms with Crippen LogP contribution in [0.4, 0.5) is 14.5 Å². The minimum Gasteiger partial charge on any atom is -0.395 e. The van der Waals surface area contributed by atoms with Gasteiger partial charge in [-0.15, -0.1) is 0 Å². The van der Waals surface area contributed by atoms with E-state index >= 15 is 0 Å². The average molecular weight is 277 g/mol. The Hall–Kier alpha value is -1.34. The second-order valence-electron chi connectivity index (χ2n) is 3.56. The summed E-state index contributed by atoms with van der Waals surface area (Å²) < 4.78 is 37.6. The Labute approximate surface area is 105 Å². The molecule has 0 radical (unpaired) electrons. The van der Waals surface area contributed by atoms with E-state index in [4.69, 9.17) is 5.11 Å². The zero-order chi connectivity index (χ0) is 13.7. The van der Waals surface area contributed by atoms with Crippen molar-refractivity contribution in [2.24, 2.45) is 0 Å². The highest BCUT2D eigenvalue weighted by atomic mass is 32.2. The number of carbonyl (C=O) groups excluding carboxylic acids is 1. The summed E-state index contributed by atoms with van der Waals surface area (Å²) in [5.74, 6) is -2.19. The number of anilines is 1. The molecule has 0 bridgehead atoms. The fraction of sp³-hybridized carbons (Fsp3) is 0.364. The van der Waals surface area contributed by atoms with Gasteiger partial charge < -0.3 is 10.4 Å². The van der Waals surface area contributed by atoms with E-state index in [-0.39, 0.29) is 18.0 Å². The van der Waals surface area contributed by atoms with E-state index in [1.54, 1.807) is 0 Å². The summed E-state index contributed by atoms with van der Waals surface area (Å²) in [6.07, 6.45) is 0. The lowest BCUT2D eigenvalue weighted by molar-refractivity contribution is -0.115. The first kappa shape index (κ1) is 14.7. The Morgan fingerprint density at radius 3 is 2.78 bits per heavy atom. The molecule has 0 fully saturated rings. The average Bonchev–Trinajstić information content (AvgIpc) is 2.33. The third kappa shape index (κ3) is 3.85. The Morgan fingerprint density at radius 2 is 2.17 bits per heavy atom. The monoisotopic (exact) mass is 277 g/mol. The molecule has 100 valence electrons. The molecule has 0 saturated heterocycles. The van der Waals surface area contributed by atoms with Crippen LogP contribution in [0.25, 0.3) is 0 Å². The van der Waals surface area contributed by atoms with Crippen LogP contribution >= 0.6 is 0 Å². The summed E-state index contributed by atoms with van der Waals surface area (Å²) in [4.78, 5) is 11.6. The van der Waals surface area contributed by atoms with E-state index in [1.807, 2.05) is 0 Å². The number of amides is 1. The maximum Gasteiger partial charge on any atom is 0.239 e. The van der Waals surface area contributed by atoms with Gasteiger partial charge in [0.25, 0.3) is 0 Å². The second-order valence-corrected chi connectivity index (χ2v) is 5.44. The van der Waals surface area contributed by atoms with Crippen molar-refractivity contribution in [1.29, 1.82) is 0 Å². The summed E-state index contributed by atoms with van der Waals surface area (Å²) in [6, 6.07) is 2.66. The van der Waals surface area contributed by atoms with Gasteiger partial charge in [-0.2, -0.15) is 0 Å². The van der Waals surface area contributed by atoms with Crippen molar-refractivity contribution in [3.63, 3.8) is 0 Å². The fourth-order valence-corrected chi connectivity index (χ4v) is 2.04. The molecule has 0 aromatic heterocycles. The minimum atomic E-state index is -1.56. The van der Waals surface area contributed by atoms with E-state index in [2.05, 4.69) is 5.32 Å². The SMILES string of the molecule is CC(C(=O)Nc1cc(F)ccc1F)S(=O)CCO. The van der Waals surface area contributed by atoms with E-state index in [0.29, 0.717) is 0 Å². The molecule has 7 heteroatoms. The molecule has 1 rings (SSSR count). The zero-order valence-corrected chi connectivity index (χ0v) is 10.5. The molecule has 0 spiro atoms. The number of halogens is 2. The summed E-state index contributed by atoms with van der Waals surface area (Å²) in [6.45, 7) is 1.08. The summed E-state index contributed by atoms with van der Waals surface area (Å²) >= 11 is 0. The molecule has 2 N–H and O–H groups in total. The third-order valence-corrected chi connectivity index (χ3v) is 3.83. The molecule has 0 aliphatic heterocycles. The highest BCUT2D eigenvalue weighted by Crippen LogP contribution is 2.16. The van der Waals surface area contributed by atoms with E-state index in [1.165, 1.54) is 6.92 Å². The molecule has 0 heterocycles. The molecule has 18 heavy (non-hydrogen) atoms. The van der Waals surface area contributed by atoms with Crippen molar-refractivity contribution in [2.45, 2.75) is 12.2 Å². The van der Waals surface area contributed by atoms with Crippen LogP contribution in [0, 0.1) is 11.6 Å². The predicted octanol–water partition coefficient (Wildman–Crippen LogP) is 1.03. The van der Waals surface area contributed by atoms with Crippen molar-refractivity contribution < 1.29 is 22.9 Å². The van der Waals surface area contributed by atoms with Crippen molar-refractivity contribution >= 4 is 22.4 Å². The summed E-state index contributed by atoms with van der Waals surface area (Å²) in [5, 5.41) is 9.85. The van der Waals surface area contributed by atoms with Crippen LogP contribution in [0.2, 0.25) is 0 Å². The molecule has 0 aliphatic rings. The zero-order valence-electron chi connectivity index (χ0n) is 9.65. The fourth-order valence-electron chi connectivity index (χ4n) is 1.21. The van der Waals surface area contributed by atoms with Crippen LogP contribution in [0.3, 0.4) is 0 Å². The predicted molar refractivity (Wildman–Crippen MR) is 64.5 cm³/mol. The number of carbonyl (C=O) groups is 1. The lowest BCUT2D eigenvalue weighted by Crippen LogP contribution is -2.31. The van der Waals surface area contributed by atoms with Gasteiger partial charge in [0, 0.05) is 22.6 Å². The number of benzene rings is 1. The molecule has 2 unspecified atom stereocenters. The smallest absolute Gasteiger partial charge is 0.239 e. The van der Waals surface area contributed by atoms with Crippen molar-refractivity contribution in [3.8, 4) is 0 Å². The molecular formula is C11H13F2NO3S. The van der Waals surface area contributed by atoms with Crippen LogP contribution in [0.15, 0.2) is 18.2 Å².